The fraction of sp³-hybridized carbons (Fsp3) is 0.826. The van der Waals surface area contributed by atoms with Crippen molar-refractivity contribution in [1.82, 2.24) is 0 Å². The standard InChI is InChI=1S/C23H48O4Si2/c1-8-15-21-28(24-17-10-3,25-18-11-4)23(14-7)29(22-16-9-2,26-19-12-5)27-20-13-6/h8-9,15-16,23H,10-14,17-22H2,1-7H3. The van der Waals surface area contributed by atoms with E-state index in [0.29, 0.717) is 0 Å². The van der Waals surface area contributed by atoms with Crippen molar-refractivity contribution in [3.63, 3.8) is 0 Å². The Labute approximate surface area is 183 Å². The zero-order valence-corrected chi connectivity index (χ0v) is 22.3. The first-order valence-electron chi connectivity index (χ1n) is 11.8. The third kappa shape index (κ3) is 9.62. The van der Waals surface area contributed by atoms with Crippen molar-refractivity contribution in [2.24, 2.45) is 0 Å². The summed E-state index contributed by atoms with van der Waals surface area (Å²) in [6.45, 7) is 18.0. The zero-order chi connectivity index (χ0) is 22.0. The third-order valence-electron chi connectivity index (χ3n) is 4.95. The third-order valence-corrected chi connectivity index (χ3v) is 14.9. The molecular formula is C23H48O4Si2. The molecule has 0 aromatic heterocycles. The lowest BCUT2D eigenvalue weighted by Crippen LogP contribution is -2.61. The Morgan fingerprint density at radius 3 is 1.10 bits per heavy atom. The van der Waals surface area contributed by atoms with Crippen LogP contribution in [0.4, 0.5) is 0 Å². The van der Waals surface area contributed by atoms with Gasteiger partial charge in [-0.25, -0.2) is 0 Å². The first-order chi connectivity index (χ1) is 14.1. The van der Waals surface area contributed by atoms with Crippen LogP contribution in [0.25, 0.3) is 0 Å². The molecule has 172 valence electrons. The molecule has 29 heavy (non-hydrogen) atoms. The largest absolute Gasteiger partial charge is 0.394 e. The molecule has 0 bridgehead atoms. The van der Waals surface area contributed by atoms with E-state index in [4.69, 9.17) is 17.7 Å². The Bertz CT molecular complexity index is 387. The summed E-state index contributed by atoms with van der Waals surface area (Å²) in [4.78, 5) is 0. The van der Waals surface area contributed by atoms with Crippen LogP contribution in [0.15, 0.2) is 24.3 Å². The lowest BCUT2D eigenvalue weighted by molar-refractivity contribution is 0.135. The average Bonchev–Trinajstić information content (AvgIpc) is 2.75. The lowest BCUT2D eigenvalue weighted by atomic mass is 10.5. The molecule has 0 radical (unpaired) electrons. The predicted octanol–water partition coefficient (Wildman–Crippen LogP) is 7.05. The van der Waals surface area contributed by atoms with Gasteiger partial charge in [0.2, 0.25) is 0 Å². The van der Waals surface area contributed by atoms with Gasteiger partial charge >= 0.3 is 17.1 Å². The maximum atomic E-state index is 6.70. The van der Waals surface area contributed by atoms with Gasteiger partial charge < -0.3 is 17.7 Å². The Kier molecular flexibility index (Phi) is 17.3. The van der Waals surface area contributed by atoms with E-state index >= 15 is 0 Å². The highest BCUT2D eigenvalue weighted by Gasteiger charge is 2.58. The highest BCUT2D eigenvalue weighted by atomic mass is 28.4. The van der Waals surface area contributed by atoms with Crippen LogP contribution in [-0.4, -0.2) is 43.5 Å². The Morgan fingerprint density at radius 2 is 0.897 bits per heavy atom. The quantitative estimate of drug-likeness (QED) is 0.158. The van der Waals surface area contributed by atoms with Crippen molar-refractivity contribution in [2.45, 2.75) is 97.8 Å². The van der Waals surface area contributed by atoms with Crippen LogP contribution in [-0.2, 0) is 17.7 Å². The van der Waals surface area contributed by atoms with E-state index in [1.54, 1.807) is 0 Å². The lowest BCUT2D eigenvalue weighted by Gasteiger charge is -2.45. The Morgan fingerprint density at radius 1 is 0.586 bits per heavy atom. The summed E-state index contributed by atoms with van der Waals surface area (Å²) < 4.78 is 26.8. The summed E-state index contributed by atoms with van der Waals surface area (Å²) in [5.74, 6) is 0. The molecule has 0 aliphatic carbocycles. The van der Waals surface area contributed by atoms with Crippen molar-refractivity contribution in [3.8, 4) is 0 Å². The van der Waals surface area contributed by atoms with E-state index in [1.165, 1.54) is 0 Å². The van der Waals surface area contributed by atoms with Gasteiger partial charge in [-0.05, 0) is 46.0 Å². The van der Waals surface area contributed by atoms with Crippen LogP contribution in [0.1, 0.15) is 80.6 Å². The van der Waals surface area contributed by atoms with Crippen LogP contribution < -0.4 is 0 Å². The SMILES string of the molecule is CC=CC[Si](OCCC)(OCCC)C(CC)[Si](CC=CC)(OCCC)OCCC. The highest BCUT2D eigenvalue weighted by Crippen LogP contribution is 2.43. The van der Waals surface area contributed by atoms with Crippen LogP contribution in [0.2, 0.25) is 17.3 Å². The van der Waals surface area contributed by atoms with Gasteiger partial charge in [-0.2, -0.15) is 0 Å². The summed E-state index contributed by atoms with van der Waals surface area (Å²) in [5.41, 5.74) is 0. The van der Waals surface area contributed by atoms with Crippen molar-refractivity contribution < 1.29 is 17.7 Å². The van der Waals surface area contributed by atoms with Gasteiger partial charge in [0.1, 0.15) is 0 Å². The second kappa shape index (κ2) is 17.4. The minimum Gasteiger partial charge on any atom is -0.394 e. The topological polar surface area (TPSA) is 36.9 Å². The van der Waals surface area contributed by atoms with Gasteiger partial charge in [-0.1, -0.05) is 58.9 Å². The molecule has 0 saturated heterocycles. The molecule has 0 spiro atoms. The minimum absolute atomic E-state index is 0.221. The van der Waals surface area contributed by atoms with Gasteiger partial charge in [0, 0.05) is 43.7 Å². The summed E-state index contributed by atoms with van der Waals surface area (Å²) in [6.07, 6.45) is 13.6. The smallest absolute Gasteiger partial charge is 0.347 e. The molecule has 0 amide bonds. The molecule has 0 N–H and O–H groups in total. The summed E-state index contributed by atoms with van der Waals surface area (Å²) in [6, 6.07) is 1.72. The molecule has 0 unspecified atom stereocenters. The molecule has 0 rings (SSSR count). The highest BCUT2D eigenvalue weighted by molar-refractivity contribution is 6.88. The van der Waals surface area contributed by atoms with Crippen molar-refractivity contribution in [1.29, 1.82) is 0 Å². The van der Waals surface area contributed by atoms with Gasteiger partial charge in [-0.15, -0.1) is 0 Å². The van der Waals surface area contributed by atoms with E-state index in [1.807, 2.05) is 0 Å². The minimum atomic E-state index is -2.58. The van der Waals surface area contributed by atoms with E-state index in [2.05, 4.69) is 72.8 Å². The maximum Gasteiger partial charge on any atom is 0.347 e. The molecule has 0 saturated carbocycles. The van der Waals surface area contributed by atoms with Crippen molar-refractivity contribution in [2.75, 3.05) is 26.4 Å². The molecular weight excluding hydrogens is 396 g/mol. The average molecular weight is 445 g/mol. The number of hydrogen-bond donors (Lipinski definition) is 0. The summed E-state index contributed by atoms with van der Waals surface area (Å²) in [5, 5.41) is 0.221. The molecule has 0 aromatic rings. The zero-order valence-electron chi connectivity index (χ0n) is 20.3. The second-order valence-corrected chi connectivity index (χ2v) is 14.7. The molecule has 0 heterocycles. The van der Waals surface area contributed by atoms with Gasteiger partial charge in [0.25, 0.3) is 0 Å². The van der Waals surface area contributed by atoms with Gasteiger partial charge in [0.05, 0.1) is 0 Å². The second-order valence-electron chi connectivity index (χ2n) is 7.52. The van der Waals surface area contributed by atoms with Crippen LogP contribution in [0.3, 0.4) is 0 Å². The molecule has 0 atom stereocenters. The van der Waals surface area contributed by atoms with Crippen LogP contribution >= 0.6 is 0 Å². The predicted molar refractivity (Wildman–Crippen MR) is 130 cm³/mol. The number of rotatable bonds is 19. The van der Waals surface area contributed by atoms with Crippen molar-refractivity contribution >= 4 is 17.1 Å². The number of hydrogen-bond acceptors (Lipinski definition) is 4. The van der Waals surface area contributed by atoms with E-state index < -0.39 is 17.1 Å². The summed E-state index contributed by atoms with van der Waals surface area (Å²) >= 11 is 0. The first kappa shape index (κ1) is 28.8. The van der Waals surface area contributed by atoms with E-state index in [0.717, 1.165) is 70.6 Å². The first-order valence-corrected chi connectivity index (χ1v) is 16.0. The number of allylic oxidation sites excluding steroid dienone is 4. The normalized spacial score (nSPS) is 14.3. The summed E-state index contributed by atoms with van der Waals surface area (Å²) in [7, 11) is -5.16. The van der Waals surface area contributed by atoms with Gasteiger partial charge in [0.15, 0.2) is 0 Å². The molecule has 0 fully saturated rings. The molecule has 0 aliphatic rings. The molecule has 0 aliphatic heterocycles. The monoisotopic (exact) mass is 444 g/mol. The fourth-order valence-corrected chi connectivity index (χ4v) is 14.6. The van der Waals surface area contributed by atoms with Crippen molar-refractivity contribution in [3.05, 3.63) is 24.3 Å². The molecule has 0 aromatic carbocycles. The van der Waals surface area contributed by atoms with E-state index in [9.17, 15) is 0 Å². The maximum absolute atomic E-state index is 6.70. The van der Waals surface area contributed by atoms with Crippen LogP contribution in [0.5, 0.6) is 0 Å². The Hall–Kier alpha value is -0.246. The fourth-order valence-electron chi connectivity index (χ4n) is 3.63. The Balaban J connectivity index is 6.37. The molecule has 6 heteroatoms. The molecule has 4 nitrogen and oxygen atoms in total. The van der Waals surface area contributed by atoms with Crippen LogP contribution in [0, 0.1) is 0 Å². The van der Waals surface area contributed by atoms with Gasteiger partial charge in [-0.3, -0.25) is 0 Å². The van der Waals surface area contributed by atoms with E-state index in [-0.39, 0.29) is 5.16 Å².